The second-order valence-electron chi connectivity index (χ2n) is 6.10. The lowest BCUT2D eigenvalue weighted by molar-refractivity contribution is 0.102. The van der Waals surface area contributed by atoms with Crippen LogP contribution in [0.4, 0.5) is 0 Å². The molecular weight excluding hydrogens is 330 g/mol. The number of thioether (sulfide) groups is 1. The highest BCUT2D eigenvalue weighted by Gasteiger charge is 2.28. The topological polar surface area (TPSA) is 57.0 Å². The van der Waals surface area contributed by atoms with Crippen molar-refractivity contribution in [2.75, 3.05) is 5.75 Å². The van der Waals surface area contributed by atoms with Gasteiger partial charge >= 0.3 is 0 Å². The molecule has 3 rings (SSSR count). The minimum absolute atomic E-state index is 0.0789. The van der Waals surface area contributed by atoms with Gasteiger partial charge in [-0.1, -0.05) is 16.9 Å². The van der Waals surface area contributed by atoms with Gasteiger partial charge in [0, 0.05) is 23.0 Å². The van der Waals surface area contributed by atoms with E-state index in [1.54, 1.807) is 0 Å². The first-order valence-corrected chi connectivity index (χ1v) is 9.60. The van der Waals surface area contributed by atoms with E-state index in [0.717, 1.165) is 15.6 Å². The molecule has 1 aliphatic carbocycles. The molecule has 0 unspecified atom stereocenters. The van der Waals surface area contributed by atoms with Crippen LogP contribution in [0.15, 0.2) is 10.4 Å². The van der Waals surface area contributed by atoms with Gasteiger partial charge in [0.1, 0.15) is 0 Å². The minimum atomic E-state index is 0.0789. The predicted octanol–water partition coefficient (Wildman–Crippen LogP) is 4.05. The third-order valence-corrected chi connectivity index (χ3v) is 5.70. The number of ether oxygens (including phenoxy) is 1. The van der Waals surface area contributed by atoms with Crippen molar-refractivity contribution < 1.29 is 9.53 Å². The van der Waals surface area contributed by atoms with Crippen LogP contribution in [0, 0.1) is 13.8 Å². The zero-order valence-electron chi connectivity index (χ0n) is 13.8. The molecule has 0 radical (unpaired) electrons. The van der Waals surface area contributed by atoms with Gasteiger partial charge in [-0.15, -0.1) is 5.10 Å². The number of nitrogens with zero attached hydrogens (tertiary/aromatic N) is 3. The molecule has 0 bridgehead atoms. The fourth-order valence-electron chi connectivity index (χ4n) is 2.66. The summed E-state index contributed by atoms with van der Waals surface area (Å²) in [5.74, 6) is 0.530. The quantitative estimate of drug-likeness (QED) is 0.556. The molecule has 0 atom stereocenters. The number of rotatable bonds is 7. The highest BCUT2D eigenvalue weighted by Crippen LogP contribution is 2.38. The number of ketones is 1. The fraction of sp³-hybridized carbons (Fsp3) is 0.562. The first-order valence-electron chi connectivity index (χ1n) is 7.80. The van der Waals surface area contributed by atoms with Gasteiger partial charge in [-0.3, -0.25) is 4.79 Å². The Bertz CT molecular complexity index is 717. The third-order valence-electron chi connectivity index (χ3n) is 3.75. The summed E-state index contributed by atoms with van der Waals surface area (Å²) in [5.41, 5.74) is 3.11. The molecule has 1 aliphatic rings. The summed E-state index contributed by atoms with van der Waals surface area (Å²) < 4.78 is 8.57. The van der Waals surface area contributed by atoms with Gasteiger partial charge in [-0.2, -0.15) is 0 Å². The van der Waals surface area contributed by atoms with E-state index in [-0.39, 0.29) is 11.9 Å². The molecule has 0 aromatic carbocycles. The molecular formula is C16H21N3O2S2. The fourth-order valence-corrected chi connectivity index (χ4v) is 4.35. The highest BCUT2D eigenvalue weighted by molar-refractivity contribution is 8.01. The van der Waals surface area contributed by atoms with Crippen molar-refractivity contribution in [1.29, 1.82) is 0 Å². The summed E-state index contributed by atoms with van der Waals surface area (Å²) >= 11 is 2.81. The maximum Gasteiger partial charge on any atom is 0.295 e. The van der Waals surface area contributed by atoms with Crippen LogP contribution in [-0.2, 0) is 0 Å². The van der Waals surface area contributed by atoms with Crippen LogP contribution in [0.3, 0.4) is 0 Å². The van der Waals surface area contributed by atoms with E-state index in [9.17, 15) is 4.79 Å². The molecule has 23 heavy (non-hydrogen) atoms. The Morgan fingerprint density at radius 1 is 1.43 bits per heavy atom. The molecule has 124 valence electrons. The molecule has 7 heteroatoms. The Balaban J connectivity index is 1.63. The minimum Gasteiger partial charge on any atom is -0.466 e. The van der Waals surface area contributed by atoms with Crippen molar-refractivity contribution in [3.05, 3.63) is 23.0 Å². The molecule has 2 aromatic rings. The second-order valence-corrected chi connectivity index (χ2v) is 8.26. The molecule has 5 nitrogen and oxygen atoms in total. The van der Waals surface area contributed by atoms with Crippen LogP contribution in [0.5, 0.6) is 5.19 Å². The number of hydrogen-bond donors (Lipinski definition) is 0. The molecule has 0 spiro atoms. The highest BCUT2D eigenvalue weighted by atomic mass is 32.2. The number of carbonyl (C=O) groups excluding carboxylic acids is 1. The van der Waals surface area contributed by atoms with Crippen LogP contribution in [0.25, 0.3) is 0 Å². The summed E-state index contributed by atoms with van der Waals surface area (Å²) in [6, 6.07) is 2.62. The Morgan fingerprint density at radius 3 is 2.83 bits per heavy atom. The third kappa shape index (κ3) is 3.77. The van der Waals surface area contributed by atoms with E-state index in [2.05, 4.69) is 21.7 Å². The average molecular weight is 351 g/mol. The Labute approximate surface area is 144 Å². The lowest BCUT2D eigenvalue weighted by Gasteiger charge is -2.07. The number of carbonyl (C=O) groups is 1. The largest absolute Gasteiger partial charge is 0.466 e. The van der Waals surface area contributed by atoms with Crippen LogP contribution in [0.1, 0.15) is 54.5 Å². The van der Waals surface area contributed by atoms with Crippen molar-refractivity contribution in [3.8, 4) is 5.19 Å². The van der Waals surface area contributed by atoms with E-state index < -0.39 is 0 Å². The molecule has 1 fully saturated rings. The standard InChI is InChI=1S/C16H21N3O2S2/c1-9(2)21-15-17-18-16(23-15)22-8-14(20)13-7-10(3)19(11(13)4)12-5-6-12/h7,9,12H,5-6,8H2,1-4H3. The van der Waals surface area contributed by atoms with Gasteiger partial charge in [0.05, 0.1) is 11.9 Å². The first kappa shape index (κ1) is 16.5. The van der Waals surface area contributed by atoms with Crippen LogP contribution in [0.2, 0.25) is 0 Å². The Hall–Kier alpha value is -1.34. The van der Waals surface area contributed by atoms with E-state index in [1.165, 1.54) is 41.6 Å². The first-order chi connectivity index (χ1) is 11.0. The van der Waals surface area contributed by atoms with Gasteiger partial charge in [-0.05, 0) is 57.9 Å². The van der Waals surface area contributed by atoms with Crippen molar-refractivity contribution >= 4 is 28.9 Å². The average Bonchev–Trinajstić information content (AvgIpc) is 3.14. The molecule has 0 aliphatic heterocycles. The molecule has 1 saturated carbocycles. The Kier molecular flexibility index (Phi) is 4.77. The summed E-state index contributed by atoms with van der Waals surface area (Å²) in [7, 11) is 0. The van der Waals surface area contributed by atoms with Crippen LogP contribution < -0.4 is 4.74 Å². The van der Waals surface area contributed by atoms with Crippen molar-refractivity contribution in [2.24, 2.45) is 0 Å². The molecule has 2 aromatic heterocycles. The zero-order chi connectivity index (χ0) is 16.6. The van der Waals surface area contributed by atoms with E-state index >= 15 is 0 Å². The number of aromatic nitrogens is 3. The maximum atomic E-state index is 12.5. The maximum absolute atomic E-state index is 12.5. The molecule has 0 saturated heterocycles. The van der Waals surface area contributed by atoms with Gasteiger partial charge in [0.15, 0.2) is 10.1 Å². The second kappa shape index (κ2) is 6.65. The lowest BCUT2D eigenvalue weighted by Crippen LogP contribution is -2.05. The smallest absolute Gasteiger partial charge is 0.295 e. The number of aryl methyl sites for hydroxylation is 1. The normalized spacial score (nSPS) is 14.5. The predicted molar refractivity (Wildman–Crippen MR) is 92.9 cm³/mol. The lowest BCUT2D eigenvalue weighted by atomic mass is 10.2. The van der Waals surface area contributed by atoms with Gasteiger partial charge < -0.3 is 9.30 Å². The summed E-state index contributed by atoms with van der Waals surface area (Å²) in [6.07, 6.45) is 2.53. The molecule has 0 N–H and O–H groups in total. The van der Waals surface area contributed by atoms with Crippen molar-refractivity contribution in [3.63, 3.8) is 0 Å². The monoisotopic (exact) mass is 351 g/mol. The Morgan fingerprint density at radius 2 is 2.17 bits per heavy atom. The SMILES string of the molecule is Cc1cc(C(=O)CSc2nnc(OC(C)C)s2)c(C)n1C1CC1. The summed E-state index contributed by atoms with van der Waals surface area (Å²) in [4.78, 5) is 12.5. The molecule has 2 heterocycles. The van der Waals surface area contributed by atoms with Crippen molar-refractivity contribution in [2.45, 2.75) is 57.0 Å². The molecule has 0 amide bonds. The van der Waals surface area contributed by atoms with E-state index in [0.29, 0.717) is 17.0 Å². The summed E-state index contributed by atoms with van der Waals surface area (Å²) in [5, 5.41) is 8.61. The summed E-state index contributed by atoms with van der Waals surface area (Å²) in [6.45, 7) is 8.03. The van der Waals surface area contributed by atoms with Gasteiger partial charge in [-0.25, -0.2) is 0 Å². The number of hydrogen-bond acceptors (Lipinski definition) is 6. The number of Topliss-reactive ketones (excluding diaryl/α,β-unsaturated/α-hetero) is 1. The van der Waals surface area contributed by atoms with E-state index in [1.807, 2.05) is 26.8 Å². The van der Waals surface area contributed by atoms with Gasteiger partial charge in [0.2, 0.25) is 0 Å². The van der Waals surface area contributed by atoms with Crippen molar-refractivity contribution in [1.82, 2.24) is 14.8 Å². The van der Waals surface area contributed by atoms with Crippen LogP contribution in [-0.4, -0.2) is 32.4 Å². The van der Waals surface area contributed by atoms with Gasteiger partial charge in [0.25, 0.3) is 5.19 Å². The zero-order valence-corrected chi connectivity index (χ0v) is 15.5. The van der Waals surface area contributed by atoms with E-state index in [4.69, 9.17) is 4.74 Å². The van der Waals surface area contributed by atoms with Crippen LogP contribution >= 0.6 is 23.1 Å².